The molecule has 0 aliphatic carbocycles. The van der Waals surface area contributed by atoms with E-state index in [1.807, 2.05) is 0 Å². The molecule has 0 aromatic rings. The monoisotopic (exact) mass is 205 g/mol. The molecule has 0 spiro atoms. The molecule has 0 aromatic carbocycles. The van der Waals surface area contributed by atoms with Crippen LogP contribution in [0.1, 0.15) is 20.8 Å². The Morgan fingerprint density at radius 1 is 1.38 bits per heavy atom. The van der Waals surface area contributed by atoms with Crippen molar-refractivity contribution in [2.45, 2.75) is 33.4 Å². The molecule has 1 atom stereocenters. The van der Waals surface area contributed by atoms with Crippen molar-refractivity contribution in [3.63, 3.8) is 0 Å². The number of hydrogen-bond donors (Lipinski definition) is 1. The van der Waals surface area contributed by atoms with Gasteiger partial charge in [-0.3, -0.25) is 5.32 Å². The Hall–Kier alpha value is 0.0969. The maximum Gasteiger partial charge on any atom is 0.335 e. The Labute approximate surface area is 83.1 Å². The lowest BCUT2D eigenvalue weighted by Crippen LogP contribution is -2.41. The first-order chi connectivity index (χ1) is 6.04. The molecule has 0 aromatic heterocycles. The fourth-order valence-electron chi connectivity index (χ4n) is 1.25. The van der Waals surface area contributed by atoms with Crippen molar-refractivity contribution in [3.8, 4) is 0 Å². The van der Waals surface area contributed by atoms with Crippen LogP contribution in [0.5, 0.6) is 0 Å². The lowest BCUT2D eigenvalue weighted by molar-refractivity contribution is 0.186. The van der Waals surface area contributed by atoms with E-state index in [2.05, 4.69) is 32.6 Å². The molecule has 80 valence electrons. The molecular weight excluding hydrogens is 182 g/mol. The second-order valence-electron chi connectivity index (χ2n) is 3.83. The van der Waals surface area contributed by atoms with E-state index in [4.69, 9.17) is 8.85 Å². The first kappa shape index (κ1) is 13.1. The van der Waals surface area contributed by atoms with Gasteiger partial charge in [-0.2, -0.15) is 0 Å². The number of nitrogens with one attached hydrogen (secondary N) is 1. The minimum atomic E-state index is -1.89. The largest absolute Gasteiger partial charge is 0.398 e. The Bertz CT molecular complexity index is 133. The van der Waals surface area contributed by atoms with Gasteiger partial charge < -0.3 is 8.85 Å². The summed E-state index contributed by atoms with van der Waals surface area (Å²) in [5.74, 6) is 0.637. The van der Waals surface area contributed by atoms with Gasteiger partial charge in [-0.15, -0.1) is 0 Å². The second-order valence-corrected chi connectivity index (χ2v) is 7.20. The lowest BCUT2D eigenvalue weighted by Gasteiger charge is -2.26. The highest BCUT2D eigenvalue weighted by molar-refractivity contribution is 6.66. The molecule has 0 saturated heterocycles. The summed E-state index contributed by atoms with van der Waals surface area (Å²) in [5, 5.41) is 3.14. The smallest absolute Gasteiger partial charge is 0.335 e. The van der Waals surface area contributed by atoms with E-state index in [0.29, 0.717) is 12.6 Å². The predicted molar refractivity (Wildman–Crippen MR) is 57.9 cm³/mol. The van der Waals surface area contributed by atoms with Crippen molar-refractivity contribution in [3.05, 3.63) is 0 Å². The third-order valence-electron chi connectivity index (χ3n) is 1.94. The van der Waals surface area contributed by atoms with Crippen molar-refractivity contribution >= 4 is 8.56 Å². The maximum atomic E-state index is 5.74. The number of hydrogen-bond acceptors (Lipinski definition) is 3. The van der Waals surface area contributed by atoms with Crippen LogP contribution < -0.4 is 5.32 Å². The first-order valence-electron chi connectivity index (χ1n) is 4.94. The second kappa shape index (κ2) is 6.54. The highest BCUT2D eigenvalue weighted by Gasteiger charge is 2.30. The first-order valence-corrected chi connectivity index (χ1v) is 7.46. The van der Waals surface area contributed by atoms with Crippen LogP contribution in [0.3, 0.4) is 0 Å². The molecular formula is C9H23NO2Si. The van der Waals surface area contributed by atoms with Gasteiger partial charge in [0.05, 0.1) is 6.73 Å². The van der Waals surface area contributed by atoms with Gasteiger partial charge in [-0.05, 0) is 25.1 Å². The lowest BCUT2D eigenvalue weighted by atomic mass is 10.3. The standard InChI is InChI=1S/C9H23NO2Si/c1-6-10-8-12-13(5,11-4)7-9(2)3/h9-10H,6-8H2,1-5H3. The highest BCUT2D eigenvalue weighted by Crippen LogP contribution is 2.17. The van der Waals surface area contributed by atoms with E-state index < -0.39 is 8.56 Å². The summed E-state index contributed by atoms with van der Waals surface area (Å²) in [6, 6.07) is 1.05. The van der Waals surface area contributed by atoms with Crippen LogP contribution in [0.2, 0.25) is 12.6 Å². The SMILES string of the molecule is CCNCO[Si](C)(CC(C)C)OC. The zero-order valence-corrected chi connectivity index (χ0v) is 10.5. The molecule has 13 heavy (non-hydrogen) atoms. The van der Waals surface area contributed by atoms with E-state index >= 15 is 0 Å². The van der Waals surface area contributed by atoms with Crippen LogP contribution in [0, 0.1) is 5.92 Å². The fourth-order valence-corrected chi connectivity index (χ4v) is 3.54. The van der Waals surface area contributed by atoms with E-state index in [-0.39, 0.29) is 0 Å². The molecule has 0 bridgehead atoms. The van der Waals surface area contributed by atoms with Gasteiger partial charge in [0.25, 0.3) is 0 Å². The van der Waals surface area contributed by atoms with Crippen molar-refractivity contribution in [2.75, 3.05) is 20.4 Å². The average molecular weight is 205 g/mol. The molecule has 0 aliphatic heterocycles. The van der Waals surface area contributed by atoms with Gasteiger partial charge >= 0.3 is 8.56 Å². The van der Waals surface area contributed by atoms with Crippen LogP contribution in [-0.2, 0) is 8.85 Å². The van der Waals surface area contributed by atoms with E-state index in [1.165, 1.54) is 0 Å². The Morgan fingerprint density at radius 3 is 2.38 bits per heavy atom. The quantitative estimate of drug-likeness (QED) is 0.391. The van der Waals surface area contributed by atoms with Gasteiger partial charge in [-0.1, -0.05) is 20.8 Å². The van der Waals surface area contributed by atoms with Gasteiger partial charge in [0, 0.05) is 7.11 Å². The van der Waals surface area contributed by atoms with Crippen LogP contribution >= 0.6 is 0 Å². The summed E-state index contributed by atoms with van der Waals surface area (Å²) < 4.78 is 11.2. The van der Waals surface area contributed by atoms with Crippen molar-refractivity contribution in [1.82, 2.24) is 5.32 Å². The summed E-state index contributed by atoms with van der Waals surface area (Å²) in [6.45, 7) is 10.1. The molecule has 3 nitrogen and oxygen atoms in total. The van der Waals surface area contributed by atoms with Gasteiger partial charge in [0.1, 0.15) is 0 Å². The summed E-state index contributed by atoms with van der Waals surface area (Å²) in [7, 11) is -0.136. The van der Waals surface area contributed by atoms with Gasteiger partial charge in [0.15, 0.2) is 0 Å². The zero-order chi connectivity index (χ0) is 10.3. The zero-order valence-electron chi connectivity index (χ0n) is 9.52. The maximum absolute atomic E-state index is 5.74. The third-order valence-corrected chi connectivity index (χ3v) is 5.12. The van der Waals surface area contributed by atoms with E-state index in [9.17, 15) is 0 Å². The minimum Gasteiger partial charge on any atom is -0.398 e. The molecule has 0 rings (SSSR count). The van der Waals surface area contributed by atoms with Crippen molar-refractivity contribution in [2.24, 2.45) is 5.92 Å². The molecule has 0 aliphatic rings. The summed E-state index contributed by atoms with van der Waals surface area (Å²) in [5.41, 5.74) is 0. The van der Waals surface area contributed by atoms with Crippen LogP contribution in [0.4, 0.5) is 0 Å². The molecule has 0 fully saturated rings. The number of rotatable bonds is 7. The molecule has 4 heteroatoms. The average Bonchev–Trinajstić information content (AvgIpc) is 2.04. The molecule has 0 amide bonds. The third kappa shape index (κ3) is 6.21. The highest BCUT2D eigenvalue weighted by atomic mass is 28.4. The molecule has 0 saturated carbocycles. The molecule has 0 heterocycles. The van der Waals surface area contributed by atoms with E-state index in [0.717, 1.165) is 12.6 Å². The molecule has 1 N–H and O–H groups in total. The Morgan fingerprint density at radius 2 is 2.00 bits per heavy atom. The van der Waals surface area contributed by atoms with Crippen molar-refractivity contribution in [1.29, 1.82) is 0 Å². The fraction of sp³-hybridized carbons (Fsp3) is 1.00. The van der Waals surface area contributed by atoms with Crippen LogP contribution in [0.15, 0.2) is 0 Å². The summed E-state index contributed by atoms with van der Waals surface area (Å²) >= 11 is 0. The Kier molecular flexibility index (Phi) is 6.58. The van der Waals surface area contributed by atoms with Crippen LogP contribution in [-0.4, -0.2) is 28.9 Å². The minimum absolute atomic E-state index is 0.611. The predicted octanol–water partition coefficient (Wildman–Crippen LogP) is 1.94. The summed E-state index contributed by atoms with van der Waals surface area (Å²) in [4.78, 5) is 0. The van der Waals surface area contributed by atoms with E-state index in [1.54, 1.807) is 7.11 Å². The Balaban J connectivity index is 3.81. The molecule has 1 unspecified atom stereocenters. The topological polar surface area (TPSA) is 30.5 Å². The van der Waals surface area contributed by atoms with Gasteiger partial charge in [-0.25, -0.2) is 0 Å². The van der Waals surface area contributed by atoms with Gasteiger partial charge in [0.2, 0.25) is 0 Å². The summed E-state index contributed by atoms with van der Waals surface area (Å²) in [6.07, 6.45) is 0. The van der Waals surface area contributed by atoms with Crippen LogP contribution in [0.25, 0.3) is 0 Å². The normalized spacial score (nSPS) is 16.2. The molecule has 0 radical (unpaired) electrons. The van der Waals surface area contributed by atoms with Crippen molar-refractivity contribution < 1.29 is 8.85 Å².